The minimum absolute atomic E-state index is 0.0447. The van der Waals surface area contributed by atoms with E-state index in [0.29, 0.717) is 31.9 Å². The summed E-state index contributed by atoms with van der Waals surface area (Å²) in [7, 11) is -0.305. The van der Waals surface area contributed by atoms with Gasteiger partial charge in [-0.15, -0.1) is 0 Å². The third kappa shape index (κ3) is 6.44. The second kappa shape index (κ2) is 11.8. The highest BCUT2D eigenvalue weighted by Crippen LogP contribution is 2.30. The monoisotopic (exact) mass is 463 g/mol. The van der Waals surface area contributed by atoms with Gasteiger partial charge in [-0.05, 0) is 38.2 Å². The summed E-state index contributed by atoms with van der Waals surface area (Å²) in [6.07, 6.45) is 0. The zero-order chi connectivity index (χ0) is 23.7. The van der Waals surface area contributed by atoms with Crippen molar-refractivity contribution in [1.82, 2.24) is 9.21 Å². The third-order valence-corrected chi connectivity index (χ3v) is 6.97. The first-order valence-electron chi connectivity index (χ1n) is 10.6. The minimum Gasteiger partial charge on any atom is -0.496 e. The van der Waals surface area contributed by atoms with Crippen molar-refractivity contribution in [1.29, 1.82) is 0 Å². The molecule has 0 bridgehead atoms. The molecule has 0 aromatic heterocycles. The summed E-state index contributed by atoms with van der Waals surface area (Å²) in [6.45, 7) is 7.03. The molecule has 1 amide bonds. The highest BCUT2D eigenvalue weighted by Gasteiger charge is 2.26. The molecule has 2 aromatic carbocycles. The quantitative estimate of drug-likeness (QED) is 0.520. The first-order valence-corrected chi connectivity index (χ1v) is 12.1. The molecule has 0 fully saturated rings. The molecule has 2 rings (SSSR count). The Bertz CT molecular complexity index is 1010. The van der Waals surface area contributed by atoms with Gasteiger partial charge in [-0.1, -0.05) is 32.0 Å². The van der Waals surface area contributed by atoms with E-state index in [1.54, 1.807) is 40.0 Å². The maximum atomic E-state index is 13.1. The Labute approximate surface area is 191 Å². The van der Waals surface area contributed by atoms with Gasteiger partial charge in [0.05, 0.1) is 20.3 Å². The molecule has 0 unspecified atom stereocenters. The predicted molar refractivity (Wildman–Crippen MR) is 126 cm³/mol. The number of carbonyl (C=O) groups excluding carboxylic acids is 1. The van der Waals surface area contributed by atoms with E-state index in [1.807, 2.05) is 36.2 Å². The van der Waals surface area contributed by atoms with Crippen molar-refractivity contribution >= 4 is 21.6 Å². The van der Waals surface area contributed by atoms with Gasteiger partial charge < -0.3 is 14.8 Å². The van der Waals surface area contributed by atoms with Crippen LogP contribution in [0.2, 0.25) is 0 Å². The number of rotatable bonds is 12. The first kappa shape index (κ1) is 25.6. The van der Waals surface area contributed by atoms with E-state index in [9.17, 15) is 13.2 Å². The average molecular weight is 464 g/mol. The SMILES string of the molecule is CCOc1ccc(NC(=O)CN(C)Cc2ccccc2OC)cc1S(=O)(=O)N(CC)CC. The Morgan fingerprint density at radius 3 is 2.34 bits per heavy atom. The minimum atomic E-state index is -3.75. The number of hydrogen-bond donors (Lipinski definition) is 1. The summed E-state index contributed by atoms with van der Waals surface area (Å²) < 4.78 is 38.4. The fraction of sp³-hybridized carbons (Fsp3) is 0.435. The summed E-state index contributed by atoms with van der Waals surface area (Å²) in [4.78, 5) is 14.5. The fourth-order valence-electron chi connectivity index (χ4n) is 3.39. The molecule has 0 saturated heterocycles. The van der Waals surface area contributed by atoms with Crippen LogP contribution in [-0.4, -0.2) is 63.9 Å². The van der Waals surface area contributed by atoms with Crippen LogP contribution in [0, 0.1) is 0 Å². The third-order valence-electron chi connectivity index (χ3n) is 4.90. The number of amides is 1. The summed E-state index contributed by atoms with van der Waals surface area (Å²) in [5.74, 6) is 0.779. The molecule has 8 nitrogen and oxygen atoms in total. The number of likely N-dealkylation sites (N-methyl/N-ethyl adjacent to an activating group) is 1. The highest BCUT2D eigenvalue weighted by molar-refractivity contribution is 7.89. The maximum absolute atomic E-state index is 13.1. The topological polar surface area (TPSA) is 88.2 Å². The molecule has 176 valence electrons. The lowest BCUT2D eigenvalue weighted by molar-refractivity contribution is -0.117. The van der Waals surface area contributed by atoms with E-state index in [0.717, 1.165) is 11.3 Å². The molecule has 9 heteroatoms. The number of sulfonamides is 1. The molecule has 2 aromatic rings. The van der Waals surface area contributed by atoms with Crippen LogP contribution in [-0.2, 0) is 21.4 Å². The zero-order valence-electron chi connectivity index (χ0n) is 19.4. The summed E-state index contributed by atoms with van der Waals surface area (Å²) in [5, 5.41) is 2.79. The number of hydrogen-bond acceptors (Lipinski definition) is 6. The fourth-order valence-corrected chi connectivity index (χ4v) is 5.01. The standard InChI is InChI=1S/C23H33N3O5S/c1-6-26(7-2)32(28,29)22-15-19(13-14-21(22)31-8-3)24-23(27)17-25(4)16-18-11-9-10-12-20(18)30-5/h9-15H,6-8,16-17H2,1-5H3,(H,24,27). The van der Waals surface area contributed by atoms with Gasteiger partial charge in [-0.2, -0.15) is 4.31 Å². The molecule has 0 heterocycles. The number of nitrogens with zero attached hydrogens (tertiary/aromatic N) is 2. The van der Waals surface area contributed by atoms with Crippen molar-refractivity contribution in [2.24, 2.45) is 0 Å². The molecular weight excluding hydrogens is 430 g/mol. The number of nitrogens with one attached hydrogen (secondary N) is 1. The van der Waals surface area contributed by atoms with Crippen LogP contribution in [0.1, 0.15) is 26.3 Å². The molecule has 0 aliphatic heterocycles. The number of carbonyl (C=O) groups is 1. The average Bonchev–Trinajstić information content (AvgIpc) is 2.75. The zero-order valence-corrected chi connectivity index (χ0v) is 20.2. The maximum Gasteiger partial charge on any atom is 0.246 e. The molecule has 0 aliphatic rings. The van der Waals surface area contributed by atoms with Crippen molar-refractivity contribution in [3.8, 4) is 11.5 Å². The Hall–Kier alpha value is -2.62. The van der Waals surface area contributed by atoms with E-state index in [1.165, 1.54) is 10.4 Å². The van der Waals surface area contributed by atoms with Crippen molar-refractivity contribution in [2.45, 2.75) is 32.2 Å². The highest BCUT2D eigenvalue weighted by atomic mass is 32.2. The Morgan fingerprint density at radius 2 is 1.72 bits per heavy atom. The van der Waals surface area contributed by atoms with Gasteiger partial charge in [0.15, 0.2) is 0 Å². The molecule has 0 aliphatic carbocycles. The molecular formula is C23H33N3O5S. The van der Waals surface area contributed by atoms with Gasteiger partial charge in [0, 0.05) is 30.9 Å². The van der Waals surface area contributed by atoms with Crippen molar-refractivity contribution in [3.05, 3.63) is 48.0 Å². The van der Waals surface area contributed by atoms with Crippen LogP contribution in [0.25, 0.3) is 0 Å². The lowest BCUT2D eigenvalue weighted by atomic mass is 10.2. The van der Waals surface area contributed by atoms with Crippen LogP contribution < -0.4 is 14.8 Å². The van der Waals surface area contributed by atoms with Gasteiger partial charge in [0.2, 0.25) is 15.9 Å². The number of methoxy groups -OCH3 is 1. The van der Waals surface area contributed by atoms with Gasteiger partial charge in [0.1, 0.15) is 16.4 Å². The van der Waals surface area contributed by atoms with Crippen molar-refractivity contribution in [3.63, 3.8) is 0 Å². The second-order valence-electron chi connectivity index (χ2n) is 7.22. The van der Waals surface area contributed by atoms with Crippen LogP contribution >= 0.6 is 0 Å². The summed E-state index contributed by atoms with van der Waals surface area (Å²) >= 11 is 0. The van der Waals surface area contributed by atoms with Gasteiger partial charge in [-0.3, -0.25) is 9.69 Å². The lowest BCUT2D eigenvalue weighted by Gasteiger charge is -2.21. The number of benzene rings is 2. The molecule has 32 heavy (non-hydrogen) atoms. The summed E-state index contributed by atoms with van der Waals surface area (Å²) in [5.41, 5.74) is 1.37. The molecule has 0 spiro atoms. The van der Waals surface area contributed by atoms with Gasteiger partial charge in [-0.25, -0.2) is 8.42 Å². The van der Waals surface area contributed by atoms with E-state index in [4.69, 9.17) is 9.47 Å². The molecule has 0 radical (unpaired) electrons. The summed E-state index contributed by atoms with van der Waals surface area (Å²) in [6, 6.07) is 12.3. The van der Waals surface area contributed by atoms with E-state index < -0.39 is 10.0 Å². The van der Waals surface area contributed by atoms with Crippen LogP contribution in [0.4, 0.5) is 5.69 Å². The largest absolute Gasteiger partial charge is 0.496 e. The van der Waals surface area contributed by atoms with Crippen molar-refractivity contribution < 1.29 is 22.7 Å². The number of para-hydroxylation sites is 1. The van der Waals surface area contributed by atoms with E-state index in [2.05, 4.69) is 5.32 Å². The van der Waals surface area contributed by atoms with Crippen LogP contribution in [0.5, 0.6) is 11.5 Å². The predicted octanol–water partition coefficient (Wildman–Crippen LogP) is 3.19. The van der Waals surface area contributed by atoms with Gasteiger partial charge in [0.25, 0.3) is 0 Å². The molecule has 0 atom stereocenters. The molecule has 0 saturated carbocycles. The smallest absolute Gasteiger partial charge is 0.246 e. The number of ether oxygens (including phenoxy) is 2. The van der Waals surface area contributed by atoms with Gasteiger partial charge >= 0.3 is 0 Å². The van der Waals surface area contributed by atoms with Crippen LogP contribution in [0.15, 0.2) is 47.4 Å². The Morgan fingerprint density at radius 1 is 1.03 bits per heavy atom. The first-order chi connectivity index (χ1) is 15.3. The van der Waals surface area contributed by atoms with E-state index >= 15 is 0 Å². The molecule has 1 N–H and O–H groups in total. The Balaban J connectivity index is 2.17. The van der Waals surface area contributed by atoms with Crippen molar-refractivity contribution in [2.75, 3.05) is 45.7 Å². The lowest BCUT2D eigenvalue weighted by Crippen LogP contribution is -2.31. The normalized spacial score (nSPS) is 11.6. The second-order valence-corrected chi connectivity index (χ2v) is 9.12. The van der Waals surface area contributed by atoms with E-state index in [-0.39, 0.29) is 23.1 Å². The van der Waals surface area contributed by atoms with Crippen LogP contribution in [0.3, 0.4) is 0 Å². The number of anilines is 1. The Kier molecular flexibility index (Phi) is 9.49.